The molecule has 2 aromatic rings. The molecule has 3 rings (SSSR count). The number of nitrogens with zero attached hydrogens (tertiary/aromatic N) is 1. The molecule has 112 valence electrons. The normalized spacial score (nSPS) is 16.8. The van der Waals surface area contributed by atoms with E-state index >= 15 is 0 Å². The second-order valence-corrected chi connectivity index (χ2v) is 5.86. The second kappa shape index (κ2) is 6.75. The molecule has 4 nitrogen and oxygen atoms in total. The highest BCUT2D eigenvalue weighted by atomic mass is 79.9. The van der Waals surface area contributed by atoms with E-state index in [4.69, 9.17) is 9.57 Å². The van der Waals surface area contributed by atoms with Crippen LogP contribution in [-0.2, 0) is 9.57 Å². The number of hydrogen-bond acceptors (Lipinski definition) is 4. The van der Waals surface area contributed by atoms with Gasteiger partial charge in [0.05, 0.1) is 11.3 Å². The van der Waals surface area contributed by atoms with E-state index in [2.05, 4.69) is 21.1 Å². The van der Waals surface area contributed by atoms with Crippen molar-refractivity contribution in [3.63, 3.8) is 0 Å². The highest BCUT2D eigenvalue weighted by Gasteiger charge is 2.23. The average Bonchev–Trinajstić information content (AvgIpc) is 3.03. The van der Waals surface area contributed by atoms with Gasteiger partial charge in [0.15, 0.2) is 6.10 Å². The molecule has 0 radical (unpaired) electrons. The number of ether oxygens (including phenoxy) is 1. The number of hydrogen-bond donors (Lipinski definition) is 0. The Kier molecular flexibility index (Phi) is 4.53. The minimum absolute atomic E-state index is 0.189. The van der Waals surface area contributed by atoms with Gasteiger partial charge in [-0.1, -0.05) is 51.4 Å². The first-order valence-corrected chi connectivity index (χ1v) is 7.72. The van der Waals surface area contributed by atoms with Crippen LogP contribution in [0.4, 0.5) is 0 Å². The van der Waals surface area contributed by atoms with Crippen molar-refractivity contribution >= 4 is 27.6 Å². The molecule has 0 spiro atoms. The van der Waals surface area contributed by atoms with Crippen LogP contribution in [0.2, 0.25) is 0 Å². The van der Waals surface area contributed by atoms with Gasteiger partial charge in [-0.2, -0.15) is 0 Å². The predicted octanol–water partition coefficient (Wildman–Crippen LogP) is 3.80. The molecule has 1 aliphatic rings. The molecule has 0 N–H and O–H groups in total. The standard InChI is InChI=1S/C17H14BrNO3/c18-14-8-6-13(7-9-14)17(20)21-11-15-10-16(19-22-15)12-4-2-1-3-5-12/h1-9,15H,10-11H2/t15-/m0/s1. The van der Waals surface area contributed by atoms with Gasteiger partial charge in [-0.25, -0.2) is 4.79 Å². The van der Waals surface area contributed by atoms with Gasteiger partial charge in [0.25, 0.3) is 0 Å². The molecular formula is C17H14BrNO3. The van der Waals surface area contributed by atoms with E-state index in [0.717, 1.165) is 15.7 Å². The van der Waals surface area contributed by atoms with Gasteiger partial charge in [-0.15, -0.1) is 0 Å². The second-order valence-electron chi connectivity index (χ2n) is 4.94. The molecule has 0 fully saturated rings. The lowest BCUT2D eigenvalue weighted by Gasteiger charge is -2.09. The highest BCUT2D eigenvalue weighted by Crippen LogP contribution is 2.17. The van der Waals surface area contributed by atoms with E-state index < -0.39 is 0 Å². The van der Waals surface area contributed by atoms with Crippen LogP contribution >= 0.6 is 15.9 Å². The molecule has 0 amide bonds. The lowest BCUT2D eigenvalue weighted by molar-refractivity contribution is 0.00686. The van der Waals surface area contributed by atoms with E-state index in [1.165, 1.54) is 0 Å². The number of esters is 1. The Labute approximate surface area is 136 Å². The summed E-state index contributed by atoms with van der Waals surface area (Å²) in [4.78, 5) is 17.3. The minimum Gasteiger partial charge on any atom is -0.458 e. The molecule has 1 heterocycles. The SMILES string of the molecule is O=C(OC[C@@H]1CC(c2ccccc2)=NO1)c1ccc(Br)cc1. The van der Waals surface area contributed by atoms with E-state index in [1.807, 2.05) is 30.3 Å². The lowest BCUT2D eigenvalue weighted by Crippen LogP contribution is -2.19. The summed E-state index contributed by atoms with van der Waals surface area (Å²) in [5.41, 5.74) is 2.43. The highest BCUT2D eigenvalue weighted by molar-refractivity contribution is 9.10. The van der Waals surface area contributed by atoms with Crippen molar-refractivity contribution < 1.29 is 14.4 Å². The molecule has 1 atom stereocenters. The summed E-state index contributed by atoms with van der Waals surface area (Å²) in [6, 6.07) is 16.9. The molecule has 5 heteroatoms. The fourth-order valence-corrected chi connectivity index (χ4v) is 2.42. The Morgan fingerprint density at radius 2 is 1.91 bits per heavy atom. The summed E-state index contributed by atoms with van der Waals surface area (Å²) in [5, 5.41) is 4.07. The summed E-state index contributed by atoms with van der Waals surface area (Å²) < 4.78 is 6.20. The van der Waals surface area contributed by atoms with E-state index in [-0.39, 0.29) is 18.7 Å². The van der Waals surface area contributed by atoms with Gasteiger partial charge in [-0.3, -0.25) is 0 Å². The quantitative estimate of drug-likeness (QED) is 0.780. The van der Waals surface area contributed by atoms with Gasteiger partial charge in [0, 0.05) is 10.9 Å². The van der Waals surface area contributed by atoms with Crippen LogP contribution in [-0.4, -0.2) is 24.4 Å². The van der Waals surface area contributed by atoms with Crippen molar-refractivity contribution in [2.75, 3.05) is 6.61 Å². The smallest absolute Gasteiger partial charge is 0.338 e. The average molecular weight is 360 g/mol. The molecule has 0 aromatic heterocycles. The Bertz CT molecular complexity index is 683. The Balaban J connectivity index is 1.52. The van der Waals surface area contributed by atoms with E-state index in [9.17, 15) is 4.79 Å². The zero-order chi connectivity index (χ0) is 15.4. The van der Waals surface area contributed by atoms with Gasteiger partial charge < -0.3 is 9.57 Å². The molecule has 2 aromatic carbocycles. The minimum atomic E-state index is -0.357. The van der Waals surface area contributed by atoms with E-state index in [1.54, 1.807) is 24.3 Å². The third kappa shape index (κ3) is 3.54. The summed E-state index contributed by atoms with van der Waals surface area (Å²) in [5.74, 6) is -0.357. The monoisotopic (exact) mass is 359 g/mol. The van der Waals surface area contributed by atoms with Crippen LogP contribution < -0.4 is 0 Å². The molecule has 0 unspecified atom stereocenters. The Morgan fingerprint density at radius 1 is 1.18 bits per heavy atom. The summed E-state index contributed by atoms with van der Waals surface area (Å²) in [6.07, 6.45) is 0.409. The predicted molar refractivity (Wildman–Crippen MR) is 86.9 cm³/mol. The van der Waals surface area contributed by atoms with Gasteiger partial charge in [-0.05, 0) is 29.8 Å². The first kappa shape index (κ1) is 14.8. The van der Waals surface area contributed by atoms with Crippen LogP contribution in [0.15, 0.2) is 64.2 Å². The van der Waals surface area contributed by atoms with E-state index in [0.29, 0.717) is 12.0 Å². The number of halogens is 1. The topological polar surface area (TPSA) is 47.9 Å². The van der Waals surface area contributed by atoms with Crippen LogP contribution in [0.3, 0.4) is 0 Å². The van der Waals surface area contributed by atoms with Crippen LogP contribution in [0.1, 0.15) is 22.3 Å². The van der Waals surface area contributed by atoms with Crippen LogP contribution in [0, 0.1) is 0 Å². The third-order valence-electron chi connectivity index (χ3n) is 3.32. The third-order valence-corrected chi connectivity index (χ3v) is 3.85. The fraction of sp³-hybridized carbons (Fsp3) is 0.176. The maximum absolute atomic E-state index is 11.9. The van der Waals surface area contributed by atoms with Crippen molar-refractivity contribution in [2.45, 2.75) is 12.5 Å². The molecule has 0 saturated heterocycles. The molecular weight excluding hydrogens is 346 g/mol. The Hall–Kier alpha value is -2.14. The van der Waals surface area contributed by atoms with Gasteiger partial charge in [0.2, 0.25) is 0 Å². The summed E-state index contributed by atoms with van der Waals surface area (Å²) in [7, 11) is 0. The number of carbonyl (C=O) groups is 1. The zero-order valence-corrected chi connectivity index (χ0v) is 13.3. The van der Waals surface area contributed by atoms with Crippen LogP contribution in [0.5, 0.6) is 0 Å². The number of oxime groups is 1. The molecule has 22 heavy (non-hydrogen) atoms. The lowest BCUT2D eigenvalue weighted by atomic mass is 10.1. The number of carbonyl (C=O) groups excluding carboxylic acids is 1. The van der Waals surface area contributed by atoms with Crippen molar-refractivity contribution in [1.29, 1.82) is 0 Å². The Morgan fingerprint density at radius 3 is 2.64 bits per heavy atom. The molecule has 0 bridgehead atoms. The maximum atomic E-state index is 11.9. The molecule has 0 aliphatic carbocycles. The number of benzene rings is 2. The largest absolute Gasteiger partial charge is 0.458 e. The van der Waals surface area contributed by atoms with Crippen LogP contribution in [0.25, 0.3) is 0 Å². The van der Waals surface area contributed by atoms with Gasteiger partial charge >= 0.3 is 5.97 Å². The van der Waals surface area contributed by atoms with Gasteiger partial charge in [0.1, 0.15) is 6.61 Å². The van der Waals surface area contributed by atoms with Crippen molar-refractivity contribution in [1.82, 2.24) is 0 Å². The summed E-state index contributed by atoms with van der Waals surface area (Å²) in [6.45, 7) is 0.189. The molecule has 0 saturated carbocycles. The summed E-state index contributed by atoms with van der Waals surface area (Å²) >= 11 is 3.33. The first-order chi connectivity index (χ1) is 10.7. The number of rotatable bonds is 4. The first-order valence-electron chi connectivity index (χ1n) is 6.93. The van der Waals surface area contributed by atoms with Crippen molar-refractivity contribution in [3.8, 4) is 0 Å². The maximum Gasteiger partial charge on any atom is 0.338 e. The van der Waals surface area contributed by atoms with Crippen molar-refractivity contribution in [2.24, 2.45) is 5.16 Å². The van der Waals surface area contributed by atoms with Crippen molar-refractivity contribution in [3.05, 3.63) is 70.2 Å². The molecule has 1 aliphatic heterocycles. The zero-order valence-electron chi connectivity index (χ0n) is 11.7. The fourth-order valence-electron chi connectivity index (χ4n) is 2.16.